The van der Waals surface area contributed by atoms with Crippen LogP contribution in [0.1, 0.15) is 32.1 Å². The Morgan fingerprint density at radius 3 is 1.93 bits per heavy atom. The van der Waals surface area contributed by atoms with Gasteiger partial charge < -0.3 is 5.11 Å². The maximum absolute atomic E-state index is 10.6. The molecule has 15 heavy (non-hydrogen) atoms. The highest BCUT2D eigenvalue weighted by molar-refractivity contribution is 5.30. The van der Waals surface area contributed by atoms with Gasteiger partial charge in [0.25, 0.3) is 0 Å². The van der Waals surface area contributed by atoms with Gasteiger partial charge in [-0.2, -0.15) is 10.5 Å². The summed E-state index contributed by atoms with van der Waals surface area (Å²) in [6, 6.07) is 4.28. The van der Waals surface area contributed by atoms with Crippen LogP contribution < -0.4 is 0 Å². The first-order valence-corrected chi connectivity index (χ1v) is 5.68. The number of aliphatic hydroxyl groups is 1. The fraction of sp³-hybridized carbons (Fsp3) is 0.833. The zero-order valence-corrected chi connectivity index (χ0v) is 8.61. The van der Waals surface area contributed by atoms with Gasteiger partial charge in [0.15, 0.2) is 5.41 Å². The van der Waals surface area contributed by atoms with E-state index in [0.29, 0.717) is 24.7 Å². The maximum Gasteiger partial charge on any atom is 0.174 e. The molecule has 0 aromatic rings. The molecule has 0 heterocycles. The van der Waals surface area contributed by atoms with E-state index in [0.717, 1.165) is 12.8 Å². The van der Waals surface area contributed by atoms with Crippen molar-refractivity contribution in [1.82, 2.24) is 0 Å². The van der Waals surface area contributed by atoms with Gasteiger partial charge in [0.2, 0.25) is 0 Å². The molecule has 4 bridgehead atoms. The third-order valence-electron chi connectivity index (χ3n) is 4.85. The summed E-state index contributed by atoms with van der Waals surface area (Å²) >= 11 is 0. The van der Waals surface area contributed by atoms with Crippen molar-refractivity contribution in [2.24, 2.45) is 23.2 Å². The highest BCUT2D eigenvalue weighted by atomic mass is 16.3. The minimum atomic E-state index is -1.11. The molecule has 4 rings (SSSR count). The standard InChI is InChI=1S/C12H14N2O/c13-6-11(7-14)10-2-8-1-9(3-10)5-12(11,15)4-8/h8-10,15H,1-5H2. The van der Waals surface area contributed by atoms with Crippen molar-refractivity contribution in [2.45, 2.75) is 37.7 Å². The second-order valence-corrected chi connectivity index (χ2v) is 5.61. The number of rotatable bonds is 0. The largest absolute Gasteiger partial charge is 0.387 e. The molecule has 4 saturated carbocycles. The fourth-order valence-electron chi connectivity index (χ4n) is 4.41. The lowest BCUT2D eigenvalue weighted by Crippen LogP contribution is -2.63. The average Bonchev–Trinajstić information content (AvgIpc) is 2.16. The van der Waals surface area contributed by atoms with E-state index in [1.807, 2.05) is 0 Å². The minimum Gasteiger partial charge on any atom is -0.387 e. The third kappa shape index (κ3) is 0.880. The highest BCUT2D eigenvalue weighted by Gasteiger charge is 2.66. The zero-order valence-electron chi connectivity index (χ0n) is 8.61. The molecule has 0 amide bonds. The predicted octanol–water partition coefficient (Wildman–Crippen LogP) is 1.59. The predicted molar refractivity (Wildman–Crippen MR) is 52.2 cm³/mol. The summed E-state index contributed by atoms with van der Waals surface area (Å²) in [5.41, 5.74) is -2.12. The molecule has 2 unspecified atom stereocenters. The Bertz CT molecular complexity index is 361. The van der Waals surface area contributed by atoms with Crippen LogP contribution in [0.5, 0.6) is 0 Å². The normalized spacial score (nSPS) is 49.7. The molecule has 1 N–H and O–H groups in total. The van der Waals surface area contributed by atoms with E-state index in [2.05, 4.69) is 12.1 Å². The number of hydrogen-bond donors (Lipinski definition) is 1. The lowest BCUT2D eigenvalue weighted by molar-refractivity contribution is -0.181. The first kappa shape index (κ1) is 9.19. The van der Waals surface area contributed by atoms with Gasteiger partial charge >= 0.3 is 0 Å². The summed E-state index contributed by atoms with van der Waals surface area (Å²) in [5.74, 6) is 1.23. The van der Waals surface area contributed by atoms with Gasteiger partial charge in [0.1, 0.15) is 0 Å². The number of nitrogens with zero attached hydrogens (tertiary/aromatic N) is 2. The van der Waals surface area contributed by atoms with E-state index in [1.165, 1.54) is 6.42 Å². The van der Waals surface area contributed by atoms with Crippen LogP contribution >= 0.6 is 0 Å². The average molecular weight is 202 g/mol. The van der Waals surface area contributed by atoms with Gasteiger partial charge in [-0.05, 0) is 49.9 Å². The quantitative estimate of drug-likeness (QED) is 0.648. The maximum atomic E-state index is 10.6. The molecule has 0 spiro atoms. The van der Waals surface area contributed by atoms with Crippen molar-refractivity contribution in [3.8, 4) is 12.1 Å². The topological polar surface area (TPSA) is 67.8 Å². The van der Waals surface area contributed by atoms with Crippen LogP contribution in [0.25, 0.3) is 0 Å². The van der Waals surface area contributed by atoms with Crippen LogP contribution in [-0.4, -0.2) is 10.7 Å². The molecular weight excluding hydrogens is 188 g/mol. The summed E-state index contributed by atoms with van der Waals surface area (Å²) in [6.45, 7) is 0. The molecule has 3 nitrogen and oxygen atoms in total. The van der Waals surface area contributed by atoms with Crippen LogP contribution in [0, 0.1) is 45.8 Å². The molecule has 0 aromatic heterocycles. The van der Waals surface area contributed by atoms with Crippen LogP contribution in [0.2, 0.25) is 0 Å². The van der Waals surface area contributed by atoms with E-state index >= 15 is 0 Å². The summed E-state index contributed by atoms with van der Waals surface area (Å²) in [6.07, 6.45) is 4.48. The van der Waals surface area contributed by atoms with Crippen LogP contribution in [0.15, 0.2) is 0 Å². The van der Waals surface area contributed by atoms with Gasteiger partial charge in [0.05, 0.1) is 17.7 Å². The Morgan fingerprint density at radius 1 is 1.00 bits per heavy atom. The zero-order chi connectivity index (χ0) is 10.7. The Labute approximate surface area is 89.3 Å². The second kappa shape index (κ2) is 2.54. The van der Waals surface area contributed by atoms with Gasteiger partial charge in [0, 0.05) is 0 Å². The van der Waals surface area contributed by atoms with Gasteiger partial charge in [-0.1, -0.05) is 0 Å². The minimum absolute atomic E-state index is 0.115. The first-order chi connectivity index (χ1) is 7.13. The van der Waals surface area contributed by atoms with E-state index < -0.39 is 11.0 Å². The summed E-state index contributed by atoms with van der Waals surface area (Å²) in [7, 11) is 0. The molecule has 3 heteroatoms. The Morgan fingerprint density at radius 2 is 1.53 bits per heavy atom. The van der Waals surface area contributed by atoms with Gasteiger partial charge in [-0.15, -0.1) is 0 Å². The molecule has 0 saturated heterocycles. The molecule has 0 radical (unpaired) electrons. The Balaban J connectivity index is 2.12. The van der Waals surface area contributed by atoms with Gasteiger partial charge in [-0.25, -0.2) is 0 Å². The lowest BCUT2D eigenvalue weighted by Gasteiger charge is -2.59. The Kier molecular flexibility index (Phi) is 1.56. The van der Waals surface area contributed by atoms with Crippen molar-refractivity contribution in [1.29, 1.82) is 10.5 Å². The molecule has 0 aliphatic heterocycles. The van der Waals surface area contributed by atoms with E-state index in [4.69, 9.17) is 0 Å². The van der Waals surface area contributed by atoms with Crippen LogP contribution in [0.3, 0.4) is 0 Å². The lowest BCUT2D eigenvalue weighted by atomic mass is 9.44. The van der Waals surface area contributed by atoms with Crippen molar-refractivity contribution in [2.75, 3.05) is 0 Å². The third-order valence-corrected chi connectivity index (χ3v) is 4.85. The van der Waals surface area contributed by atoms with Crippen molar-refractivity contribution in [3.63, 3.8) is 0 Å². The molecule has 2 atom stereocenters. The smallest absolute Gasteiger partial charge is 0.174 e. The SMILES string of the molecule is N#CC1(C#N)C2CC3CC(C2)CC1(O)C3. The summed E-state index contributed by atoms with van der Waals surface area (Å²) in [5, 5.41) is 29.1. The van der Waals surface area contributed by atoms with Crippen molar-refractivity contribution < 1.29 is 5.11 Å². The first-order valence-electron chi connectivity index (χ1n) is 5.68. The molecular formula is C12H14N2O. The molecule has 4 fully saturated rings. The van der Waals surface area contributed by atoms with Crippen molar-refractivity contribution >= 4 is 0 Å². The summed E-state index contributed by atoms with van der Waals surface area (Å²) in [4.78, 5) is 0. The van der Waals surface area contributed by atoms with Crippen LogP contribution in [0.4, 0.5) is 0 Å². The number of hydrogen-bond acceptors (Lipinski definition) is 3. The van der Waals surface area contributed by atoms with Crippen LogP contribution in [-0.2, 0) is 0 Å². The molecule has 4 aliphatic rings. The summed E-state index contributed by atoms with van der Waals surface area (Å²) < 4.78 is 0. The highest BCUT2D eigenvalue weighted by Crippen LogP contribution is 2.63. The fourth-order valence-corrected chi connectivity index (χ4v) is 4.41. The van der Waals surface area contributed by atoms with Gasteiger partial charge in [-0.3, -0.25) is 0 Å². The monoisotopic (exact) mass is 202 g/mol. The Hall–Kier alpha value is -1.06. The van der Waals surface area contributed by atoms with E-state index in [9.17, 15) is 15.6 Å². The van der Waals surface area contributed by atoms with Crippen molar-refractivity contribution in [3.05, 3.63) is 0 Å². The molecule has 78 valence electrons. The molecule has 4 aliphatic carbocycles. The molecule has 0 aromatic carbocycles. The van der Waals surface area contributed by atoms with E-state index in [-0.39, 0.29) is 5.92 Å². The second-order valence-electron chi connectivity index (χ2n) is 5.61. The van der Waals surface area contributed by atoms with E-state index in [1.54, 1.807) is 0 Å². The number of nitriles is 2.